The van der Waals surface area contributed by atoms with E-state index in [2.05, 4.69) is 17.8 Å². The molecule has 1 N–H and O–H groups in total. The van der Waals surface area contributed by atoms with Gasteiger partial charge in [-0.15, -0.1) is 0 Å². The smallest absolute Gasteiger partial charge is 0.409 e. The second-order valence-electron chi connectivity index (χ2n) is 2.23. The molecule has 0 aliphatic carbocycles. The molecule has 19 heavy (non-hydrogen) atoms. The van der Waals surface area contributed by atoms with Crippen molar-refractivity contribution in [2.24, 2.45) is 0 Å². The molecule has 1 unspecified atom stereocenters. The SMILES string of the molecule is CC.COP(=O)(OC=C(Cl)Cl)OCCOS(=O)(=O)O. The molecule has 0 bridgehead atoms. The summed E-state index contributed by atoms with van der Waals surface area (Å²) < 4.78 is 57.0. The molecule has 0 aromatic rings. The van der Waals surface area contributed by atoms with Gasteiger partial charge >= 0.3 is 18.2 Å². The van der Waals surface area contributed by atoms with Crippen molar-refractivity contribution in [3.63, 3.8) is 0 Å². The van der Waals surface area contributed by atoms with Crippen LogP contribution in [0.15, 0.2) is 10.8 Å². The van der Waals surface area contributed by atoms with Gasteiger partial charge in [-0.1, -0.05) is 37.0 Å². The first-order valence-corrected chi connectivity index (χ1v) is 8.38. The highest BCUT2D eigenvalue weighted by Gasteiger charge is 2.25. The monoisotopic (exact) mass is 360 g/mol. The summed E-state index contributed by atoms with van der Waals surface area (Å²) in [6, 6.07) is 0. The van der Waals surface area contributed by atoms with E-state index in [0.717, 1.165) is 13.4 Å². The molecule has 12 heteroatoms. The third-order valence-corrected chi connectivity index (χ3v) is 3.01. The van der Waals surface area contributed by atoms with Crippen LogP contribution in [-0.2, 0) is 32.7 Å². The van der Waals surface area contributed by atoms with Crippen LogP contribution in [0.1, 0.15) is 13.8 Å². The first-order valence-electron chi connectivity index (χ1n) is 4.80. The first-order chi connectivity index (χ1) is 8.68. The van der Waals surface area contributed by atoms with Crippen LogP contribution in [0.4, 0.5) is 0 Å². The normalized spacial score (nSPS) is 13.8. The maximum atomic E-state index is 11.5. The zero-order valence-electron chi connectivity index (χ0n) is 10.4. The quantitative estimate of drug-likeness (QED) is 0.304. The molecular formula is C7H15Cl2O8PS. The number of phosphoric acid groups is 1. The third kappa shape index (κ3) is 14.4. The van der Waals surface area contributed by atoms with Gasteiger partial charge in [-0.3, -0.25) is 13.6 Å². The van der Waals surface area contributed by atoms with Crippen molar-refractivity contribution in [1.29, 1.82) is 0 Å². The molecule has 0 aliphatic rings. The lowest BCUT2D eigenvalue weighted by Crippen LogP contribution is -2.09. The fraction of sp³-hybridized carbons (Fsp3) is 0.714. The van der Waals surface area contributed by atoms with E-state index >= 15 is 0 Å². The molecule has 0 saturated carbocycles. The topological polar surface area (TPSA) is 108 Å². The van der Waals surface area contributed by atoms with Gasteiger partial charge in [0.05, 0.1) is 13.2 Å². The number of phosphoric ester groups is 1. The second kappa shape index (κ2) is 10.9. The van der Waals surface area contributed by atoms with Crippen molar-refractivity contribution in [3.8, 4) is 0 Å². The molecule has 8 nitrogen and oxygen atoms in total. The molecule has 1 atom stereocenters. The highest BCUT2D eigenvalue weighted by atomic mass is 35.5. The van der Waals surface area contributed by atoms with Crippen molar-refractivity contribution < 1.29 is 35.3 Å². The Morgan fingerprint density at radius 1 is 1.32 bits per heavy atom. The van der Waals surface area contributed by atoms with Gasteiger partial charge in [0.25, 0.3) is 0 Å². The van der Waals surface area contributed by atoms with Gasteiger partial charge in [0.2, 0.25) is 0 Å². The molecule has 116 valence electrons. The minimum absolute atomic E-state index is 0.319. The molecule has 0 radical (unpaired) electrons. The Morgan fingerprint density at radius 3 is 2.21 bits per heavy atom. The van der Waals surface area contributed by atoms with Gasteiger partial charge in [-0.25, -0.2) is 8.75 Å². The molecule has 0 amide bonds. The van der Waals surface area contributed by atoms with Crippen LogP contribution in [0.2, 0.25) is 0 Å². The van der Waals surface area contributed by atoms with Crippen molar-refractivity contribution >= 4 is 41.4 Å². The molecule has 0 fully saturated rings. The summed E-state index contributed by atoms with van der Waals surface area (Å²) in [7, 11) is -7.49. The highest BCUT2D eigenvalue weighted by Crippen LogP contribution is 2.49. The predicted molar refractivity (Wildman–Crippen MR) is 70.3 cm³/mol. The van der Waals surface area contributed by atoms with Crippen LogP contribution in [0.3, 0.4) is 0 Å². The van der Waals surface area contributed by atoms with Crippen LogP contribution >= 0.6 is 31.0 Å². The van der Waals surface area contributed by atoms with Crippen molar-refractivity contribution in [1.82, 2.24) is 0 Å². The van der Waals surface area contributed by atoms with Gasteiger partial charge < -0.3 is 4.52 Å². The van der Waals surface area contributed by atoms with E-state index in [-0.39, 0.29) is 4.49 Å². The van der Waals surface area contributed by atoms with E-state index in [1.807, 2.05) is 13.8 Å². The van der Waals surface area contributed by atoms with E-state index in [0.29, 0.717) is 0 Å². The van der Waals surface area contributed by atoms with Crippen LogP contribution < -0.4 is 0 Å². The summed E-state index contributed by atoms with van der Waals surface area (Å²) in [4.78, 5) is 0. The van der Waals surface area contributed by atoms with E-state index in [4.69, 9.17) is 27.8 Å². The molecule has 0 heterocycles. The van der Waals surface area contributed by atoms with Crippen LogP contribution in [-0.4, -0.2) is 33.3 Å². The van der Waals surface area contributed by atoms with Gasteiger partial charge in [0.15, 0.2) is 0 Å². The van der Waals surface area contributed by atoms with Crippen LogP contribution in [0, 0.1) is 0 Å². The van der Waals surface area contributed by atoms with Crippen LogP contribution in [0.5, 0.6) is 0 Å². The van der Waals surface area contributed by atoms with E-state index in [9.17, 15) is 13.0 Å². The maximum absolute atomic E-state index is 11.5. The Labute approximate surface area is 122 Å². The molecule has 0 rings (SSSR count). The molecule has 0 spiro atoms. The van der Waals surface area contributed by atoms with Gasteiger partial charge in [0.1, 0.15) is 10.8 Å². The third-order valence-electron chi connectivity index (χ3n) is 1.06. The molecule has 0 saturated heterocycles. The Balaban J connectivity index is 0. The van der Waals surface area contributed by atoms with E-state index < -0.39 is 31.4 Å². The summed E-state index contributed by atoms with van der Waals surface area (Å²) in [5, 5.41) is 0. The lowest BCUT2D eigenvalue weighted by atomic mass is 10.8. The Kier molecular flexibility index (Phi) is 12.3. The summed E-state index contributed by atoms with van der Waals surface area (Å²) in [6.07, 6.45) is 0.719. The van der Waals surface area contributed by atoms with E-state index in [1.54, 1.807) is 0 Å². The average Bonchev–Trinajstić information content (AvgIpc) is 2.34. The van der Waals surface area contributed by atoms with Gasteiger partial charge in [0, 0.05) is 7.11 Å². The summed E-state index contributed by atoms with van der Waals surface area (Å²) in [6.45, 7) is 2.95. The van der Waals surface area contributed by atoms with Crippen LogP contribution in [0.25, 0.3) is 0 Å². The molecule has 0 aliphatic heterocycles. The number of hydrogen-bond donors (Lipinski definition) is 1. The van der Waals surface area contributed by atoms with Gasteiger partial charge in [-0.05, 0) is 0 Å². The van der Waals surface area contributed by atoms with Gasteiger partial charge in [-0.2, -0.15) is 8.42 Å². The first kappa shape index (κ1) is 21.4. The van der Waals surface area contributed by atoms with E-state index in [1.165, 1.54) is 0 Å². The lowest BCUT2D eigenvalue weighted by Gasteiger charge is -2.13. The summed E-state index contributed by atoms with van der Waals surface area (Å²) >= 11 is 10.4. The molecule has 0 aromatic heterocycles. The number of hydrogen-bond acceptors (Lipinski definition) is 7. The number of rotatable bonds is 8. The largest absolute Gasteiger partial charge is 0.529 e. The Morgan fingerprint density at radius 2 is 1.84 bits per heavy atom. The van der Waals surface area contributed by atoms with Crippen molar-refractivity contribution in [3.05, 3.63) is 10.8 Å². The summed E-state index contributed by atoms with van der Waals surface area (Å²) in [5.41, 5.74) is 0. The average molecular weight is 361 g/mol. The van der Waals surface area contributed by atoms with Crippen molar-refractivity contribution in [2.45, 2.75) is 13.8 Å². The maximum Gasteiger partial charge on any atom is 0.529 e. The van der Waals surface area contributed by atoms with Crippen molar-refractivity contribution in [2.75, 3.05) is 20.3 Å². The fourth-order valence-corrected chi connectivity index (χ4v) is 1.80. The zero-order valence-corrected chi connectivity index (χ0v) is 13.6. The lowest BCUT2D eigenvalue weighted by molar-refractivity contribution is 0.136. The highest BCUT2D eigenvalue weighted by molar-refractivity contribution is 7.80. The second-order valence-corrected chi connectivity index (χ2v) is 6.05. The molecular weight excluding hydrogens is 346 g/mol. The molecule has 0 aromatic carbocycles. The minimum atomic E-state index is -4.58. The number of halogens is 2. The standard InChI is InChI=1S/C5H9Cl2O8PS.C2H6/c1-12-16(8,14-4-5(6)7)13-2-3-15-17(9,10)11;1-2/h4H,2-3H2,1H3,(H,9,10,11);1-2H3. The Bertz CT molecular complexity index is 405. The Hall–Kier alpha value is 0.140. The summed E-state index contributed by atoms with van der Waals surface area (Å²) in [5.74, 6) is 0. The zero-order chi connectivity index (χ0) is 15.5. The fourth-order valence-electron chi connectivity index (χ4n) is 0.519. The predicted octanol–water partition coefficient (Wildman–Crippen LogP) is 2.90. The minimum Gasteiger partial charge on any atom is -0.409 e.